The Balaban J connectivity index is 1.11. The second-order valence-electron chi connectivity index (χ2n) is 14.5. The molecule has 2 aliphatic carbocycles. The number of piperazine rings is 1. The lowest BCUT2D eigenvalue weighted by Gasteiger charge is -2.47. The van der Waals surface area contributed by atoms with Crippen LogP contribution in [0.5, 0.6) is 17.2 Å². The van der Waals surface area contributed by atoms with Crippen molar-refractivity contribution >= 4 is 29.4 Å². The van der Waals surface area contributed by atoms with Crippen molar-refractivity contribution in [1.29, 1.82) is 0 Å². The van der Waals surface area contributed by atoms with E-state index < -0.39 is 100 Å². The number of nitrogens with zero attached hydrogens (tertiary/aromatic N) is 5. The van der Waals surface area contributed by atoms with Crippen LogP contribution in [-0.2, 0) is 39.1 Å². The summed E-state index contributed by atoms with van der Waals surface area (Å²) in [6, 6.07) is 3.84. The number of phenols is 2. The molecule has 0 spiro atoms. The molecule has 2 aliphatic heterocycles. The first kappa shape index (κ1) is 38.8. The summed E-state index contributed by atoms with van der Waals surface area (Å²) in [7, 11) is 2.77. The molecule has 2 fully saturated rings. The zero-order valence-electron chi connectivity index (χ0n) is 31.0. The van der Waals surface area contributed by atoms with Gasteiger partial charge in [0.15, 0.2) is 30.2 Å². The van der Waals surface area contributed by atoms with E-state index in [1.165, 1.54) is 54.9 Å². The third-order valence-electron chi connectivity index (χ3n) is 11.3. The van der Waals surface area contributed by atoms with E-state index in [2.05, 4.69) is 4.98 Å². The van der Waals surface area contributed by atoms with Crippen LogP contribution in [0, 0.1) is 10.1 Å². The summed E-state index contributed by atoms with van der Waals surface area (Å²) in [4.78, 5) is 71.1. The molecule has 1 aromatic heterocycles. The highest BCUT2D eigenvalue weighted by Crippen LogP contribution is 2.52. The Morgan fingerprint density at radius 2 is 1.79 bits per heavy atom. The fourth-order valence-corrected chi connectivity index (χ4v) is 8.16. The number of benzene rings is 2. The van der Waals surface area contributed by atoms with E-state index in [9.17, 15) is 49.7 Å². The predicted octanol–water partition coefficient (Wildman–Crippen LogP) is 1.67. The first-order chi connectivity index (χ1) is 26.6. The van der Waals surface area contributed by atoms with E-state index in [0.717, 1.165) is 0 Å². The number of carbonyl (C=O) groups excluding carboxylic acids is 4. The molecule has 6 atom stereocenters. The van der Waals surface area contributed by atoms with Crippen LogP contribution in [0.15, 0.2) is 24.4 Å². The Labute approximate surface area is 319 Å². The monoisotopic (exact) mass is 779 g/mol. The topological polar surface area (TPSA) is 254 Å². The van der Waals surface area contributed by atoms with Crippen LogP contribution in [0.1, 0.15) is 81.5 Å². The number of aliphatic hydroxyl groups excluding tert-OH is 1. The van der Waals surface area contributed by atoms with Crippen molar-refractivity contribution in [2.45, 2.75) is 76.0 Å². The van der Waals surface area contributed by atoms with Crippen LogP contribution in [-0.4, -0.2) is 132 Å². The number of imidazole rings is 1. The number of aliphatic hydroxyl groups is 2. The number of aromatic hydroxyl groups is 2. The van der Waals surface area contributed by atoms with Crippen molar-refractivity contribution in [3.63, 3.8) is 0 Å². The van der Waals surface area contributed by atoms with Crippen molar-refractivity contribution in [1.82, 2.24) is 19.4 Å². The molecule has 0 radical (unpaired) electrons. The Bertz CT molecular complexity index is 2140. The third kappa shape index (κ3) is 6.43. The maximum atomic E-state index is 14.0. The van der Waals surface area contributed by atoms with Gasteiger partial charge in [0, 0.05) is 68.2 Å². The molecule has 0 unspecified atom stereocenters. The maximum absolute atomic E-state index is 14.0. The fraction of sp³-hybridized carbons (Fsp3) is 0.486. The van der Waals surface area contributed by atoms with Crippen molar-refractivity contribution < 1.29 is 63.5 Å². The van der Waals surface area contributed by atoms with Crippen LogP contribution in [0.2, 0.25) is 0 Å². The molecule has 19 heteroatoms. The first-order valence-electron chi connectivity index (χ1n) is 18.0. The summed E-state index contributed by atoms with van der Waals surface area (Å²) in [5, 5.41) is 57.3. The number of hydrogen-bond donors (Lipinski definition) is 4. The zero-order chi connectivity index (χ0) is 40.4. The van der Waals surface area contributed by atoms with Crippen LogP contribution >= 0.6 is 0 Å². The lowest BCUT2D eigenvalue weighted by Crippen LogP contribution is -2.60. The number of hydrogen-bond acceptors (Lipinski definition) is 16. The van der Waals surface area contributed by atoms with Gasteiger partial charge in [-0.3, -0.25) is 19.3 Å². The Kier molecular flexibility index (Phi) is 10.1. The highest BCUT2D eigenvalue weighted by Gasteiger charge is 2.50. The minimum absolute atomic E-state index is 0.0492. The van der Waals surface area contributed by atoms with E-state index in [4.69, 9.17) is 18.9 Å². The summed E-state index contributed by atoms with van der Waals surface area (Å²) in [6.45, 7) is 3.69. The molecule has 298 valence electrons. The fourth-order valence-electron chi connectivity index (χ4n) is 8.16. The van der Waals surface area contributed by atoms with Gasteiger partial charge in [0.2, 0.25) is 5.78 Å². The van der Waals surface area contributed by atoms with Gasteiger partial charge in [0.05, 0.1) is 49.2 Å². The number of ether oxygens (including phenoxy) is 4. The number of carbonyl (C=O) groups is 4. The first-order valence-corrected chi connectivity index (χ1v) is 18.0. The average molecular weight is 780 g/mol. The molecule has 0 bridgehead atoms. The maximum Gasteiger partial charge on any atom is 0.434 e. The van der Waals surface area contributed by atoms with E-state index in [1.807, 2.05) is 4.90 Å². The van der Waals surface area contributed by atoms with Crippen molar-refractivity contribution in [2.24, 2.45) is 7.05 Å². The molecule has 19 nitrogen and oxygen atoms in total. The summed E-state index contributed by atoms with van der Waals surface area (Å²) in [5.74, 6) is -3.80. The minimum Gasteiger partial charge on any atom is -0.507 e. The second-order valence-corrected chi connectivity index (χ2v) is 14.5. The summed E-state index contributed by atoms with van der Waals surface area (Å²) >= 11 is 0. The summed E-state index contributed by atoms with van der Waals surface area (Å²) in [6.07, 6.45) is -4.36. The van der Waals surface area contributed by atoms with E-state index in [1.54, 1.807) is 6.92 Å². The molecule has 7 rings (SSSR count). The molecule has 2 aromatic carbocycles. The summed E-state index contributed by atoms with van der Waals surface area (Å²) in [5.41, 5.74) is -3.04. The lowest BCUT2D eigenvalue weighted by atomic mass is 9.72. The lowest BCUT2D eigenvalue weighted by molar-refractivity contribution is -0.396. The predicted molar refractivity (Wildman–Crippen MR) is 189 cm³/mol. The minimum atomic E-state index is -2.09. The van der Waals surface area contributed by atoms with E-state index in [-0.39, 0.29) is 60.1 Å². The van der Waals surface area contributed by atoms with Gasteiger partial charge in [0.1, 0.15) is 29.0 Å². The van der Waals surface area contributed by atoms with Gasteiger partial charge in [0.25, 0.3) is 0 Å². The van der Waals surface area contributed by atoms with E-state index >= 15 is 0 Å². The van der Waals surface area contributed by atoms with Gasteiger partial charge in [-0.2, -0.15) is 0 Å². The highest BCUT2D eigenvalue weighted by molar-refractivity contribution is 6.31. The van der Waals surface area contributed by atoms with Gasteiger partial charge in [-0.25, -0.2) is 9.36 Å². The van der Waals surface area contributed by atoms with Crippen molar-refractivity contribution in [3.05, 3.63) is 73.6 Å². The summed E-state index contributed by atoms with van der Waals surface area (Å²) < 4.78 is 24.4. The number of Topliss-reactive ketones (excluding diaryl/α,β-unsaturated/α-hetero) is 1. The number of rotatable bonds is 8. The molecule has 3 aromatic rings. The smallest absolute Gasteiger partial charge is 0.434 e. The zero-order valence-corrected chi connectivity index (χ0v) is 31.0. The molecule has 4 N–H and O–H groups in total. The Morgan fingerprint density at radius 1 is 1.09 bits per heavy atom. The number of phenolic OH excluding ortho intramolecular Hbond substituents is 2. The number of fused-ring (bicyclic) bond motifs is 3. The van der Waals surface area contributed by atoms with Gasteiger partial charge in [-0.1, -0.05) is 17.1 Å². The molecule has 56 heavy (non-hydrogen) atoms. The molecule has 3 heterocycles. The number of amides is 1. The van der Waals surface area contributed by atoms with Crippen molar-refractivity contribution in [3.8, 4) is 17.2 Å². The Hall–Kier alpha value is -5.47. The van der Waals surface area contributed by atoms with Gasteiger partial charge < -0.3 is 54.4 Å². The molecule has 0 saturated carbocycles. The van der Waals surface area contributed by atoms with Gasteiger partial charge in [-0.15, -0.1) is 0 Å². The molecule has 4 aliphatic rings. The van der Waals surface area contributed by atoms with E-state index in [0.29, 0.717) is 18.8 Å². The third-order valence-corrected chi connectivity index (χ3v) is 11.3. The highest BCUT2D eigenvalue weighted by atomic mass is 16.7. The molecule has 2 saturated heterocycles. The van der Waals surface area contributed by atoms with Crippen LogP contribution < -0.4 is 4.74 Å². The molecule has 1 amide bonds. The quantitative estimate of drug-likeness (QED) is 0.113. The molecular formula is C37H41N5O14. The van der Waals surface area contributed by atoms with Crippen LogP contribution in [0.3, 0.4) is 0 Å². The van der Waals surface area contributed by atoms with Gasteiger partial charge in [-0.05, 0) is 24.8 Å². The normalized spacial score (nSPS) is 26.2. The van der Waals surface area contributed by atoms with Crippen molar-refractivity contribution in [2.75, 3.05) is 33.3 Å². The largest absolute Gasteiger partial charge is 0.507 e. The number of aromatic nitrogens is 2. The average Bonchev–Trinajstić information content (AvgIpc) is 3.55. The van der Waals surface area contributed by atoms with Gasteiger partial charge >= 0.3 is 12.0 Å². The SMILES string of the molecule is COc1cccc2c1C(=O)c1c(O)c3c(c(O)c1C2=O)C[C@@](O)(C(C)=O)C[C@@H]3O[C@H]1C[C@@H](N2CCN(C(=O)OCc3cnc([N+](=O)[O-])n3C)CC2)[C@H](O)[C@H](C)O1. The second kappa shape index (κ2) is 14.6. The molecular weight excluding hydrogens is 738 g/mol. The van der Waals surface area contributed by atoms with Crippen LogP contribution in [0.4, 0.5) is 10.7 Å². The standard InChI is InChI=1S/C37H41N5O14/c1-17-30(44)22(40-8-10-41(11-9-40)36(49)54-16-19-15-38-35(39(19)3)42(51)52)12-25(55-17)56-24-14-37(50,18(2)43)13-21-27(24)34(48)29-28(32(21)46)31(45)20-6-5-7-23(53-4)26(20)33(29)47/h5-7,15,17,22,24-25,30,44,46,48,50H,8-14,16H2,1-4H3/t17-,22+,24-,25-,30+,37-/m0/s1. The Morgan fingerprint density at radius 3 is 2.43 bits per heavy atom. The number of methoxy groups -OCH3 is 1. The number of nitro groups is 1. The van der Waals surface area contributed by atoms with Crippen LogP contribution in [0.25, 0.3) is 0 Å². The number of ketones is 3.